The molecule has 0 bridgehead atoms. The number of likely N-dealkylation sites (tertiary alicyclic amines) is 1. The molecule has 0 aliphatic carbocycles. The molecule has 0 N–H and O–H groups in total. The molecule has 66 valence electrons. The molecule has 1 rings (SSSR count). The molecule has 1 nitrogen and oxygen atoms in total. The van der Waals surface area contributed by atoms with Crippen LogP contribution in [0, 0.1) is 5.92 Å². The van der Waals surface area contributed by atoms with E-state index >= 15 is 0 Å². The van der Waals surface area contributed by atoms with E-state index in [-0.39, 0.29) is 0 Å². The molecule has 1 saturated heterocycles. The fourth-order valence-electron chi connectivity index (χ4n) is 1.76. The average Bonchev–Trinajstić information content (AvgIpc) is 2.04. The zero-order chi connectivity index (χ0) is 8.27. The van der Waals surface area contributed by atoms with Gasteiger partial charge in [0.25, 0.3) is 0 Å². The van der Waals surface area contributed by atoms with E-state index in [9.17, 15) is 4.39 Å². The van der Waals surface area contributed by atoms with Crippen LogP contribution in [0.1, 0.15) is 26.7 Å². The smallest absolute Gasteiger partial charge is 0.116 e. The third-order valence-corrected chi connectivity index (χ3v) is 2.73. The van der Waals surface area contributed by atoms with Crippen LogP contribution in [0.5, 0.6) is 0 Å². The summed E-state index contributed by atoms with van der Waals surface area (Å²) in [6.07, 6.45) is 1.47. The van der Waals surface area contributed by atoms with E-state index in [1.165, 1.54) is 0 Å². The first-order valence-corrected chi connectivity index (χ1v) is 4.64. The maximum Gasteiger partial charge on any atom is 0.116 e. The third-order valence-electron chi connectivity index (χ3n) is 2.73. The summed E-state index contributed by atoms with van der Waals surface area (Å²) in [7, 11) is 0. The number of halogens is 1. The molecule has 1 aliphatic heterocycles. The number of nitrogens with zero attached hydrogens (tertiary/aromatic N) is 1. The summed E-state index contributed by atoms with van der Waals surface area (Å²) in [4.78, 5) is 2.19. The quantitative estimate of drug-likeness (QED) is 0.596. The highest BCUT2D eigenvalue weighted by atomic mass is 19.1. The van der Waals surface area contributed by atoms with Crippen LogP contribution in [0.2, 0.25) is 0 Å². The zero-order valence-electron chi connectivity index (χ0n) is 7.52. The molecule has 0 radical (unpaired) electrons. The summed E-state index contributed by atoms with van der Waals surface area (Å²) in [5, 5.41) is 0. The lowest BCUT2D eigenvalue weighted by Crippen LogP contribution is -2.41. The Morgan fingerprint density at radius 1 is 1.45 bits per heavy atom. The number of rotatable bonds is 2. The van der Waals surface area contributed by atoms with Gasteiger partial charge in [-0.25, -0.2) is 4.39 Å². The summed E-state index contributed by atoms with van der Waals surface area (Å²) >= 11 is 0. The van der Waals surface area contributed by atoms with Crippen LogP contribution >= 0.6 is 0 Å². The van der Waals surface area contributed by atoms with E-state index in [1.807, 2.05) is 0 Å². The van der Waals surface area contributed by atoms with Crippen molar-refractivity contribution in [2.75, 3.05) is 19.6 Å². The van der Waals surface area contributed by atoms with E-state index < -0.39 is 6.17 Å². The van der Waals surface area contributed by atoms with Gasteiger partial charge in [-0.1, -0.05) is 20.3 Å². The first kappa shape index (κ1) is 8.98. The summed E-state index contributed by atoms with van der Waals surface area (Å²) in [5.74, 6) is 0.331. The van der Waals surface area contributed by atoms with Crippen LogP contribution < -0.4 is 0 Å². The molecule has 2 heteroatoms. The van der Waals surface area contributed by atoms with Gasteiger partial charge < -0.3 is 4.90 Å². The van der Waals surface area contributed by atoms with Crippen molar-refractivity contribution in [1.82, 2.24) is 4.90 Å². The Morgan fingerprint density at radius 3 is 2.64 bits per heavy atom. The van der Waals surface area contributed by atoms with E-state index in [4.69, 9.17) is 0 Å². The fourth-order valence-corrected chi connectivity index (χ4v) is 1.76. The molecule has 0 amide bonds. The maximum atomic E-state index is 13.2. The van der Waals surface area contributed by atoms with Crippen molar-refractivity contribution < 1.29 is 4.39 Å². The molecule has 2 unspecified atom stereocenters. The van der Waals surface area contributed by atoms with Crippen LogP contribution in [-0.4, -0.2) is 30.7 Å². The van der Waals surface area contributed by atoms with Gasteiger partial charge in [-0.05, 0) is 25.4 Å². The van der Waals surface area contributed by atoms with Gasteiger partial charge in [0.2, 0.25) is 0 Å². The van der Waals surface area contributed by atoms with Crippen molar-refractivity contribution in [3.63, 3.8) is 0 Å². The molecule has 0 aromatic carbocycles. The van der Waals surface area contributed by atoms with Crippen molar-refractivity contribution in [2.24, 2.45) is 5.92 Å². The van der Waals surface area contributed by atoms with E-state index in [1.54, 1.807) is 0 Å². The van der Waals surface area contributed by atoms with Gasteiger partial charge in [0.1, 0.15) is 6.17 Å². The molecular formula is C9H18FN. The standard InChI is InChI=1S/C9H18FN/c1-3-8-5-6-11(4-2)7-9(8)10/h8-9H,3-7H2,1-2H3. The molecule has 0 aromatic rings. The molecule has 0 spiro atoms. The summed E-state index contributed by atoms with van der Waals surface area (Å²) < 4.78 is 13.2. The van der Waals surface area contributed by atoms with Crippen LogP contribution in [0.25, 0.3) is 0 Å². The molecule has 2 atom stereocenters. The second-order valence-electron chi connectivity index (χ2n) is 3.37. The predicted molar refractivity (Wildman–Crippen MR) is 45.4 cm³/mol. The molecule has 11 heavy (non-hydrogen) atoms. The van der Waals surface area contributed by atoms with Gasteiger partial charge in [0.15, 0.2) is 0 Å². The first-order chi connectivity index (χ1) is 5.27. The highest BCUT2D eigenvalue weighted by Gasteiger charge is 2.26. The Morgan fingerprint density at radius 2 is 2.18 bits per heavy atom. The molecule has 0 saturated carbocycles. The zero-order valence-corrected chi connectivity index (χ0v) is 7.52. The Labute approximate surface area is 68.6 Å². The Kier molecular flexibility index (Phi) is 3.31. The van der Waals surface area contributed by atoms with Gasteiger partial charge in [0.05, 0.1) is 0 Å². The van der Waals surface area contributed by atoms with E-state index in [2.05, 4.69) is 18.7 Å². The fraction of sp³-hybridized carbons (Fsp3) is 1.00. The van der Waals surface area contributed by atoms with Gasteiger partial charge >= 0.3 is 0 Å². The number of hydrogen-bond donors (Lipinski definition) is 0. The molecule has 0 aromatic heterocycles. The molecule has 1 heterocycles. The third kappa shape index (κ3) is 2.16. The summed E-state index contributed by atoms with van der Waals surface area (Å²) in [6.45, 7) is 6.93. The molecule has 1 aliphatic rings. The Bertz CT molecular complexity index is 116. The minimum atomic E-state index is -0.575. The number of alkyl halides is 1. The number of hydrogen-bond acceptors (Lipinski definition) is 1. The monoisotopic (exact) mass is 159 g/mol. The molecule has 1 fully saturated rings. The lowest BCUT2D eigenvalue weighted by atomic mass is 9.93. The predicted octanol–water partition coefficient (Wildman–Crippen LogP) is 2.08. The van der Waals surface area contributed by atoms with Crippen molar-refractivity contribution in [2.45, 2.75) is 32.9 Å². The Balaban J connectivity index is 2.34. The van der Waals surface area contributed by atoms with Gasteiger partial charge in [0, 0.05) is 6.54 Å². The topological polar surface area (TPSA) is 3.24 Å². The summed E-state index contributed by atoms with van der Waals surface area (Å²) in [6, 6.07) is 0. The highest BCUT2D eigenvalue weighted by Crippen LogP contribution is 2.22. The van der Waals surface area contributed by atoms with Crippen molar-refractivity contribution >= 4 is 0 Å². The normalized spacial score (nSPS) is 34.1. The average molecular weight is 159 g/mol. The second-order valence-corrected chi connectivity index (χ2v) is 3.37. The van der Waals surface area contributed by atoms with E-state index in [0.29, 0.717) is 12.5 Å². The van der Waals surface area contributed by atoms with Crippen molar-refractivity contribution in [3.05, 3.63) is 0 Å². The van der Waals surface area contributed by atoms with Crippen LogP contribution in [0.4, 0.5) is 4.39 Å². The van der Waals surface area contributed by atoms with Crippen molar-refractivity contribution in [1.29, 1.82) is 0 Å². The molecular weight excluding hydrogens is 141 g/mol. The maximum absolute atomic E-state index is 13.2. The Hall–Kier alpha value is -0.110. The van der Waals surface area contributed by atoms with E-state index in [0.717, 1.165) is 25.9 Å². The van der Waals surface area contributed by atoms with Gasteiger partial charge in [-0.15, -0.1) is 0 Å². The number of piperidine rings is 1. The lowest BCUT2D eigenvalue weighted by molar-refractivity contribution is 0.0866. The van der Waals surface area contributed by atoms with Crippen molar-refractivity contribution in [3.8, 4) is 0 Å². The summed E-state index contributed by atoms with van der Waals surface area (Å²) in [5.41, 5.74) is 0. The first-order valence-electron chi connectivity index (χ1n) is 4.64. The van der Waals surface area contributed by atoms with Crippen LogP contribution in [-0.2, 0) is 0 Å². The van der Waals surface area contributed by atoms with Crippen LogP contribution in [0.3, 0.4) is 0 Å². The van der Waals surface area contributed by atoms with Gasteiger partial charge in [-0.3, -0.25) is 0 Å². The largest absolute Gasteiger partial charge is 0.301 e. The minimum absolute atomic E-state index is 0.331. The van der Waals surface area contributed by atoms with Crippen LogP contribution in [0.15, 0.2) is 0 Å². The lowest BCUT2D eigenvalue weighted by Gasteiger charge is -2.33. The SMILES string of the molecule is CCC1CCN(CC)CC1F. The highest BCUT2D eigenvalue weighted by molar-refractivity contribution is 4.78. The van der Waals surface area contributed by atoms with Gasteiger partial charge in [-0.2, -0.15) is 0 Å². The minimum Gasteiger partial charge on any atom is -0.301 e. The second kappa shape index (κ2) is 4.05.